The SMILES string of the molecule is CCCNc1cccc([N+](=O)[O-])c1F. The van der Waals surface area contributed by atoms with Crippen molar-refractivity contribution in [3.8, 4) is 0 Å². The average molecular weight is 198 g/mol. The number of halogens is 1. The maximum atomic E-state index is 13.3. The summed E-state index contributed by atoms with van der Waals surface area (Å²) in [5.41, 5.74) is -0.313. The molecule has 0 spiro atoms. The number of nitrogens with zero attached hydrogens (tertiary/aromatic N) is 1. The minimum absolute atomic E-state index is 0.182. The van der Waals surface area contributed by atoms with Crippen LogP contribution in [0.15, 0.2) is 18.2 Å². The van der Waals surface area contributed by atoms with Crippen molar-refractivity contribution in [2.75, 3.05) is 11.9 Å². The average Bonchev–Trinajstić information content (AvgIpc) is 2.16. The summed E-state index contributed by atoms with van der Waals surface area (Å²) in [7, 11) is 0. The maximum Gasteiger partial charge on any atom is 0.306 e. The van der Waals surface area contributed by atoms with Gasteiger partial charge in [0.25, 0.3) is 0 Å². The van der Waals surface area contributed by atoms with Crippen molar-refractivity contribution < 1.29 is 9.31 Å². The molecular formula is C9H11FN2O2. The van der Waals surface area contributed by atoms with Crippen LogP contribution in [0.4, 0.5) is 15.8 Å². The van der Waals surface area contributed by atoms with E-state index in [0.29, 0.717) is 6.54 Å². The third-order valence-corrected chi connectivity index (χ3v) is 1.74. The Balaban J connectivity index is 2.95. The van der Waals surface area contributed by atoms with Crippen LogP contribution in [0.1, 0.15) is 13.3 Å². The molecule has 0 aliphatic rings. The van der Waals surface area contributed by atoms with E-state index in [4.69, 9.17) is 0 Å². The number of hydrogen-bond donors (Lipinski definition) is 1. The second-order valence-corrected chi connectivity index (χ2v) is 2.82. The molecule has 0 amide bonds. The number of rotatable bonds is 4. The largest absolute Gasteiger partial charge is 0.382 e. The second-order valence-electron chi connectivity index (χ2n) is 2.82. The van der Waals surface area contributed by atoms with Gasteiger partial charge < -0.3 is 5.32 Å². The summed E-state index contributed by atoms with van der Waals surface area (Å²) in [6.45, 7) is 2.53. The zero-order chi connectivity index (χ0) is 10.6. The van der Waals surface area contributed by atoms with E-state index in [-0.39, 0.29) is 5.69 Å². The van der Waals surface area contributed by atoms with Gasteiger partial charge in [-0.05, 0) is 12.5 Å². The molecule has 0 aromatic heterocycles. The highest BCUT2D eigenvalue weighted by Gasteiger charge is 2.16. The molecule has 1 aromatic rings. The Hall–Kier alpha value is -1.65. The molecule has 14 heavy (non-hydrogen) atoms. The van der Waals surface area contributed by atoms with Gasteiger partial charge in [0, 0.05) is 12.6 Å². The number of hydrogen-bond acceptors (Lipinski definition) is 3. The lowest BCUT2D eigenvalue weighted by Gasteiger charge is -2.05. The van der Waals surface area contributed by atoms with Gasteiger partial charge in [-0.2, -0.15) is 4.39 Å². The van der Waals surface area contributed by atoms with Crippen molar-refractivity contribution in [1.82, 2.24) is 0 Å². The predicted molar refractivity (Wildman–Crippen MR) is 51.8 cm³/mol. The van der Waals surface area contributed by atoms with Crippen molar-refractivity contribution in [2.45, 2.75) is 13.3 Å². The summed E-state index contributed by atoms with van der Waals surface area (Å²) in [6.07, 6.45) is 0.835. The Labute approximate surface area is 80.9 Å². The van der Waals surface area contributed by atoms with E-state index in [0.717, 1.165) is 12.5 Å². The van der Waals surface area contributed by atoms with E-state index >= 15 is 0 Å². The summed E-state index contributed by atoms with van der Waals surface area (Å²) >= 11 is 0. The highest BCUT2D eigenvalue weighted by atomic mass is 19.1. The monoisotopic (exact) mass is 198 g/mol. The van der Waals surface area contributed by atoms with Crippen molar-refractivity contribution in [3.63, 3.8) is 0 Å². The van der Waals surface area contributed by atoms with Gasteiger partial charge in [0.05, 0.1) is 10.6 Å². The summed E-state index contributed by atoms with van der Waals surface area (Å²) in [6, 6.07) is 4.09. The molecule has 0 heterocycles. The quantitative estimate of drug-likeness (QED) is 0.597. The number of nitro groups is 1. The molecule has 0 bridgehead atoms. The number of anilines is 1. The molecule has 5 heteroatoms. The van der Waals surface area contributed by atoms with E-state index in [1.165, 1.54) is 12.1 Å². The summed E-state index contributed by atoms with van der Waals surface area (Å²) in [4.78, 5) is 9.66. The second kappa shape index (κ2) is 4.55. The number of nitro benzene ring substituents is 1. The van der Waals surface area contributed by atoms with Crippen LogP contribution in [0.3, 0.4) is 0 Å². The zero-order valence-corrected chi connectivity index (χ0v) is 7.79. The Kier molecular flexibility index (Phi) is 3.39. The zero-order valence-electron chi connectivity index (χ0n) is 7.79. The molecule has 1 aromatic carbocycles. The van der Waals surface area contributed by atoms with Crippen LogP contribution >= 0.6 is 0 Å². The first-order valence-electron chi connectivity index (χ1n) is 4.33. The van der Waals surface area contributed by atoms with Crippen molar-refractivity contribution in [2.24, 2.45) is 0 Å². The molecule has 0 atom stereocenters. The van der Waals surface area contributed by atoms with E-state index in [9.17, 15) is 14.5 Å². The Bertz CT molecular complexity index is 342. The molecule has 4 nitrogen and oxygen atoms in total. The van der Waals surface area contributed by atoms with E-state index in [1.807, 2.05) is 6.92 Å². The van der Waals surface area contributed by atoms with Gasteiger partial charge in [0.15, 0.2) is 0 Å². The van der Waals surface area contributed by atoms with Crippen LogP contribution in [-0.4, -0.2) is 11.5 Å². The van der Waals surface area contributed by atoms with Gasteiger partial charge in [-0.1, -0.05) is 13.0 Å². The number of benzene rings is 1. The van der Waals surface area contributed by atoms with Gasteiger partial charge in [0.2, 0.25) is 5.82 Å². The van der Waals surface area contributed by atoms with Crippen molar-refractivity contribution in [3.05, 3.63) is 34.1 Å². The van der Waals surface area contributed by atoms with Crippen LogP contribution in [0, 0.1) is 15.9 Å². The Morgan fingerprint density at radius 3 is 2.86 bits per heavy atom. The molecule has 1 N–H and O–H groups in total. The first-order valence-corrected chi connectivity index (χ1v) is 4.33. The lowest BCUT2D eigenvalue weighted by atomic mass is 10.2. The summed E-state index contributed by atoms with van der Waals surface area (Å²) < 4.78 is 13.3. The maximum absolute atomic E-state index is 13.3. The highest BCUT2D eigenvalue weighted by molar-refractivity contribution is 5.52. The topological polar surface area (TPSA) is 55.2 Å². The van der Waals surface area contributed by atoms with Gasteiger partial charge in [-0.15, -0.1) is 0 Å². The van der Waals surface area contributed by atoms with E-state index in [1.54, 1.807) is 0 Å². The molecule has 1 rings (SSSR count). The Morgan fingerprint density at radius 2 is 2.29 bits per heavy atom. The molecule has 0 radical (unpaired) electrons. The molecule has 0 fully saturated rings. The molecule has 0 unspecified atom stereocenters. The van der Waals surface area contributed by atoms with Crippen LogP contribution < -0.4 is 5.32 Å². The lowest BCUT2D eigenvalue weighted by molar-refractivity contribution is -0.387. The normalized spacial score (nSPS) is 9.86. The molecule has 0 saturated heterocycles. The molecule has 0 saturated carbocycles. The van der Waals surface area contributed by atoms with Crippen LogP contribution in [0.2, 0.25) is 0 Å². The van der Waals surface area contributed by atoms with Gasteiger partial charge in [-0.3, -0.25) is 10.1 Å². The predicted octanol–water partition coefficient (Wildman–Crippen LogP) is 2.56. The minimum atomic E-state index is -0.800. The third kappa shape index (κ3) is 2.18. The van der Waals surface area contributed by atoms with Gasteiger partial charge in [-0.25, -0.2) is 0 Å². The van der Waals surface area contributed by atoms with Crippen LogP contribution in [-0.2, 0) is 0 Å². The molecule has 0 aliphatic heterocycles. The third-order valence-electron chi connectivity index (χ3n) is 1.74. The van der Waals surface area contributed by atoms with Crippen LogP contribution in [0.5, 0.6) is 0 Å². The Morgan fingerprint density at radius 1 is 1.57 bits per heavy atom. The lowest BCUT2D eigenvalue weighted by Crippen LogP contribution is -2.03. The fourth-order valence-electron chi connectivity index (χ4n) is 1.06. The molecule has 76 valence electrons. The molecule has 0 aliphatic carbocycles. The fraction of sp³-hybridized carbons (Fsp3) is 0.333. The van der Waals surface area contributed by atoms with Crippen molar-refractivity contribution in [1.29, 1.82) is 0 Å². The number of nitrogens with one attached hydrogen (secondary N) is 1. The van der Waals surface area contributed by atoms with Gasteiger partial charge >= 0.3 is 5.69 Å². The summed E-state index contributed by atoms with van der Waals surface area (Å²) in [5.74, 6) is -0.800. The fourth-order valence-corrected chi connectivity index (χ4v) is 1.06. The smallest absolute Gasteiger partial charge is 0.306 e. The highest BCUT2D eigenvalue weighted by Crippen LogP contribution is 2.23. The first-order chi connectivity index (χ1) is 6.66. The van der Waals surface area contributed by atoms with E-state index in [2.05, 4.69) is 5.32 Å². The van der Waals surface area contributed by atoms with Gasteiger partial charge in [0.1, 0.15) is 0 Å². The first kappa shape index (κ1) is 10.4. The van der Waals surface area contributed by atoms with Crippen molar-refractivity contribution >= 4 is 11.4 Å². The van der Waals surface area contributed by atoms with Crippen LogP contribution in [0.25, 0.3) is 0 Å². The standard InChI is InChI=1S/C9H11FN2O2/c1-2-6-11-7-4-3-5-8(9(7)10)12(13)14/h3-5,11H,2,6H2,1H3. The minimum Gasteiger partial charge on any atom is -0.382 e. The van der Waals surface area contributed by atoms with E-state index < -0.39 is 16.4 Å². The molecular weight excluding hydrogens is 187 g/mol. The summed E-state index contributed by atoms with van der Waals surface area (Å²) in [5, 5.41) is 13.2.